The molecule has 4 amide bonds. The lowest BCUT2D eigenvalue weighted by Gasteiger charge is -2.31. The number of imide groups is 1. The number of hydrogen-bond acceptors (Lipinski definition) is 5. The topological polar surface area (TPSA) is 96.3 Å². The van der Waals surface area contributed by atoms with Crippen LogP contribution in [-0.2, 0) is 21.5 Å². The number of anilines is 1. The first-order chi connectivity index (χ1) is 15.4. The van der Waals surface area contributed by atoms with Crippen LogP contribution in [0, 0.1) is 13.8 Å². The summed E-state index contributed by atoms with van der Waals surface area (Å²) in [5, 5.41) is 12.2. The number of carbonyl (C=O) groups is 3. The Morgan fingerprint density at radius 2 is 2.00 bits per heavy atom. The summed E-state index contributed by atoms with van der Waals surface area (Å²) in [6.07, 6.45) is 2.26. The lowest BCUT2D eigenvalue weighted by atomic mass is 9.80. The summed E-state index contributed by atoms with van der Waals surface area (Å²) in [6, 6.07) is 11.0. The van der Waals surface area contributed by atoms with Crippen LogP contribution in [0.5, 0.6) is 0 Å². The van der Waals surface area contributed by atoms with Gasteiger partial charge in [-0.1, -0.05) is 18.2 Å². The summed E-state index contributed by atoms with van der Waals surface area (Å²) in [4.78, 5) is 41.0. The Balaban J connectivity index is 1.35. The van der Waals surface area contributed by atoms with Crippen molar-refractivity contribution in [1.82, 2.24) is 20.0 Å². The molecule has 1 atom stereocenters. The quantitative estimate of drug-likeness (QED) is 0.598. The maximum absolute atomic E-state index is 13.3. The third-order valence-electron chi connectivity index (χ3n) is 6.19. The van der Waals surface area contributed by atoms with Crippen molar-refractivity contribution >= 4 is 34.9 Å². The van der Waals surface area contributed by atoms with Gasteiger partial charge in [0, 0.05) is 10.4 Å². The fraction of sp³-hybridized carbons (Fsp3) is 0.304. The zero-order valence-electron chi connectivity index (χ0n) is 17.8. The minimum atomic E-state index is -1.05. The van der Waals surface area contributed by atoms with Gasteiger partial charge < -0.3 is 10.6 Å². The molecule has 3 aromatic rings. The van der Waals surface area contributed by atoms with Crippen LogP contribution in [-0.4, -0.2) is 39.1 Å². The Labute approximate surface area is 189 Å². The molecule has 1 aromatic carbocycles. The van der Waals surface area contributed by atoms with Crippen molar-refractivity contribution in [3.05, 3.63) is 63.6 Å². The number of amides is 4. The van der Waals surface area contributed by atoms with E-state index in [0.717, 1.165) is 39.6 Å². The van der Waals surface area contributed by atoms with E-state index in [9.17, 15) is 14.4 Å². The number of carbonyl (C=O) groups excluding carboxylic acids is 3. The molecule has 3 heterocycles. The highest BCUT2D eigenvalue weighted by molar-refractivity contribution is 7.10. The lowest BCUT2D eigenvalue weighted by molar-refractivity contribution is -0.134. The number of para-hydroxylation sites is 1. The second-order valence-corrected chi connectivity index (χ2v) is 9.18. The standard InChI is InChI=1S/C23H23N5O3S/c1-14-20(15(2)28(26-14)16-7-4-3-5-8-16)24-19(29)13-27-21(30)23(25-22(27)31)11-6-9-18-17(23)10-12-32-18/h3-5,7-8,10,12H,6,9,11,13H2,1-2H3,(H,24,29)(H,25,31). The molecule has 0 bridgehead atoms. The molecule has 1 aliphatic carbocycles. The number of urea groups is 1. The van der Waals surface area contributed by atoms with Crippen molar-refractivity contribution in [2.45, 2.75) is 38.6 Å². The summed E-state index contributed by atoms with van der Waals surface area (Å²) in [7, 11) is 0. The molecule has 5 rings (SSSR count). The first kappa shape index (κ1) is 20.4. The van der Waals surface area contributed by atoms with Crippen LogP contribution in [0.25, 0.3) is 5.69 Å². The number of hydrogen-bond donors (Lipinski definition) is 2. The summed E-state index contributed by atoms with van der Waals surface area (Å²) >= 11 is 1.60. The highest BCUT2D eigenvalue weighted by Gasteiger charge is 2.54. The van der Waals surface area contributed by atoms with E-state index in [0.29, 0.717) is 17.8 Å². The molecule has 2 aliphatic rings. The highest BCUT2D eigenvalue weighted by Crippen LogP contribution is 2.42. The van der Waals surface area contributed by atoms with Crippen LogP contribution in [0.15, 0.2) is 41.8 Å². The van der Waals surface area contributed by atoms with E-state index >= 15 is 0 Å². The molecule has 9 heteroatoms. The van der Waals surface area contributed by atoms with Gasteiger partial charge in [-0.05, 0) is 56.7 Å². The molecule has 2 aromatic heterocycles. The third-order valence-corrected chi connectivity index (χ3v) is 7.18. The van der Waals surface area contributed by atoms with Gasteiger partial charge in [0.2, 0.25) is 5.91 Å². The van der Waals surface area contributed by atoms with Crippen LogP contribution in [0.3, 0.4) is 0 Å². The minimum absolute atomic E-state index is 0.346. The minimum Gasteiger partial charge on any atom is -0.321 e. The SMILES string of the molecule is Cc1nn(-c2ccccc2)c(C)c1NC(=O)CN1C(=O)NC2(CCCc3sccc32)C1=O. The number of fused-ring (bicyclic) bond motifs is 2. The molecule has 164 valence electrons. The second-order valence-electron chi connectivity index (χ2n) is 8.18. The Bertz CT molecular complexity index is 1230. The van der Waals surface area contributed by atoms with E-state index in [1.165, 1.54) is 0 Å². The molecular weight excluding hydrogens is 426 g/mol. The smallest absolute Gasteiger partial charge is 0.321 e. The molecule has 1 aliphatic heterocycles. The largest absolute Gasteiger partial charge is 0.325 e. The summed E-state index contributed by atoms with van der Waals surface area (Å²) in [5.74, 6) is -0.795. The van der Waals surface area contributed by atoms with E-state index in [1.807, 2.05) is 55.6 Å². The number of benzene rings is 1. The summed E-state index contributed by atoms with van der Waals surface area (Å²) in [5.41, 5.74) is 2.71. The van der Waals surface area contributed by atoms with Crippen LogP contribution in [0.4, 0.5) is 10.5 Å². The van der Waals surface area contributed by atoms with Gasteiger partial charge in [-0.2, -0.15) is 5.10 Å². The molecule has 0 radical (unpaired) electrons. The van der Waals surface area contributed by atoms with Gasteiger partial charge in [-0.15, -0.1) is 11.3 Å². The van der Waals surface area contributed by atoms with Gasteiger partial charge >= 0.3 is 6.03 Å². The van der Waals surface area contributed by atoms with Gasteiger partial charge in [0.05, 0.1) is 22.8 Å². The van der Waals surface area contributed by atoms with Gasteiger partial charge in [0.25, 0.3) is 5.91 Å². The van der Waals surface area contributed by atoms with Crippen molar-refractivity contribution in [2.24, 2.45) is 0 Å². The second kappa shape index (κ2) is 7.59. The Morgan fingerprint density at radius 3 is 2.78 bits per heavy atom. The number of nitrogens with one attached hydrogen (secondary N) is 2. The first-order valence-electron chi connectivity index (χ1n) is 10.5. The molecule has 1 spiro atoms. The first-order valence-corrected chi connectivity index (χ1v) is 11.4. The zero-order chi connectivity index (χ0) is 22.5. The van der Waals surface area contributed by atoms with Gasteiger partial charge in [-0.3, -0.25) is 14.5 Å². The number of thiophene rings is 1. The van der Waals surface area contributed by atoms with Gasteiger partial charge in [0.15, 0.2) is 0 Å². The normalized spacial score (nSPS) is 19.9. The van der Waals surface area contributed by atoms with E-state index in [2.05, 4.69) is 15.7 Å². The molecule has 8 nitrogen and oxygen atoms in total. The fourth-order valence-corrected chi connectivity index (χ4v) is 5.65. The highest BCUT2D eigenvalue weighted by atomic mass is 32.1. The van der Waals surface area contributed by atoms with Crippen LogP contribution in [0.2, 0.25) is 0 Å². The molecule has 2 N–H and O–H groups in total. The van der Waals surface area contributed by atoms with Crippen LogP contribution >= 0.6 is 11.3 Å². The van der Waals surface area contributed by atoms with Crippen molar-refractivity contribution in [2.75, 3.05) is 11.9 Å². The maximum Gasteiger partial charge on any atom is 0.325 e. The molecular formula is C23H23N5O3S. The van der Waals surface area contributed by atoms with E-state index in [4.69, 9.17) is 0 Å². The zero-order valence-corrected chi connectivity index (χ0v) is 18.7. The summed E-state index contributed by atoms with van der Waals surface area (Å²) < 4.78 is 1.76. The Hall–Kier alpha value is -3.46. The lowest BCUT2D eigenvalue weighted by Crippen LogP contribution is -2.46. The Kier molecular flexibility index (Phi) is 4.85. The van der Waals surface area contributed by atoms with Crippen LogP contribution < -0.4 is 10.6 Å². The molecule has 32 heavy (non-hydrogen) atoms. The average Bonchev–Trinajstić information content (AvgIpc) is 3.44. The van der Waals surface area contributed by atoms with Crippen molar-refractivity contribution in [1.29, 1.82) is 0 Å². The number of nitrogens with zero attached hydrogens (tertiary/aromatic N) is 3. The van der Waals surface area contributed by atoms with Crippen molar-refractivity contribution in [3.8, 4) is 5.69 Å². The Morgan fingerprint density at radius 1 is 1.22 bits per heavy atom. The number of aryl methyl sites for hydroxylation is 2. The van der Waals surface area contributed by atoms with Crippen LogP contribution in [0.1, 0.15) is 34.7 Å². The van der Waals surface area contributed by atoms with E-state index in [1.54, 1.807) is 16.0 Å². The fourth-order valence-electron chi connectivity index (χ4n) is 4.65. The van der Waals surface area contributed by atoms with Gasteiger partial charge in [0.1, 0.15) is 12.1 Å². The van der Waals surface area contributed by atoms with E-state index in [-0.39, 0.29) is 12.5 Å². The molecule has 1 saturated heterocycles. The maximum atomic E-state index is 13.3. The van der Waals surface area contributed by atoms with E-state index < -0.39 is 17.5 Å². The number of aromatic nitrogens is 2. The van der Waals surface area contributed by atoms with Crippen molar-refractivity contribution in [3.63, 3.8) is 0 Å². The number of rotatable bonds is 4. The monoisotopic (exact) mass is 449 g/mol. The predicted octanol–water partition coefficient (Wildman–Crippen LogP) is 3.27. The predicted molar refractivity (Wildman–Crippen MR) is 121 cm³/mol. The summed E-state index contributed by atoms with van der Waals surface area (Å²) in [6.45, 7) is 3.33. The molecule has 1 unspecified atom stereocenters. The van der Waals surface area contributed by atoms with Crippen molar-refractivity contribution < 1.29 is 14.4 Å². The molecule has 1 fully saturated rings. The van der Waals surface area contributed by atoms with Gasteiger partial charge in [-0.25, -0.2) is 9.48 Å². The third kappa shape index (κ3) is 3.12. The molecule has 0 saturated carbocycles. The average molecular weight is 450 g/mol.